The van der Waals surface area contributed by atoms with Gasteiger partial charge in [-0.25, -0.2) is 0 Å². The second kappa shape index (κ2) is 5.39. The van der Waals surface area contributed by atoms with E-state index in [1.807, 2.05) is 25.1 Å². The predicted molar refractivity (Wildman–Crippen MR) is 79.4 cm³/mol. The van der Waals surface area contributed by atoms with Crippen LogP contribution in [0.2, 0.25) is 0 Å². The van der Waals surface area contributed by atoms with E-state index in [1.54, 1.807) is 16.9 Å². The van der Waals surface area contributed by atoms with Crippen molar-refractivity contribution in [2.24, 2.45) is 0 Å². The molecular weight excluding hydrogens is 268 g/mol. The molecule has 0 bridgehead atoms. The first-order valence-corrected chi connectivity index (χ1v) is 7.37. The number of methoxy groups -OCH3 is 1. The average molecular weight is 288 g/mol. The number of hydrogen-bond donors (Lipinski definition) is 0. The highest BCUT2D eigenvalue weighted by Crippen LogP contribution is 2.29. The third-order valence-electron chi connectivity index (χ3n) is 4.36. The van der Waals surface area contributed by atoms with Gasteiger partial charge in [-0.15, -0.1) is 0 Å². The number of nitrogens with zero attached hydrogens (tertiary/aromatic N) is 2. The van der Waals surface area contributed by atoms with Crippen LogP contribution in [0.25, 0.3) is 0 Å². The minimum absolute atomic E-state index is 0.0406. The third kappa shape index (κ3) is 2.37. The minimum Gasteiger partial charge on any atom is -0.496 e. The maximum absolute atomic E-state index is 12.7. The highest BCUT2D eigenvalue weighted by Gasteiger charge is 2.40. The monoisotopic (exact) mass is 288 g/mol. The zero-order valence-electron chi connectivity index (χ0n) is 12.5. The summed E-state index contributed by atoms with van der Waals surface area (Å²) in [5.41, 5.74) is 1.73. The first-order chi connectivity index (χ1) is 10.1. The molecule has 1 unspecified atom stereocenters. The van der Waals surface area contributed by atoms with Crippen LogP contribution in [0.15, 0.2) is 18.2 Å². The lowest BCUT2D eigenvalue weighted by Gasteiger charge is -2.42. The number of fused-ring (bicyclic) bond motifs is 1. The van der Waals surface area contributed by atoms with E-state index in [-0.39, 0.29) is 24.4 Å². The van der Waals surface area contributed by atoms with E-state index in [0.29, 0.717) is 6.54 Å². The van der Waals surface area contributed by atoms with Gasteiger partial charge in [-0.3, -0.25) is 9.59 Å². The molecule has 0 aliphatic carbocycles. The van der Waals surface area contributed by atoms with Crippen molar-refractivity contribution >= 4 is 17.5 Å². The van der Waals surface area contributed by atoms with E-state index >= 15 is 0 Å². The lowest BCUT2D eigenvalue weighted by molar-refractivity contribution is -0.144. The van der Waals surface area contributed by atoms with Crippen LogP contribution in [-0.2, 0) is 9.59 Å². The molecule has 1 atom stereocenters. The Labute approximate surface area is 124 Å². The van der Waals surface area contributed by atoms with E-state index in [9.17, 15) is 9.59 Å². The van der Waals surface area contributed by atoms with E-state index in [1.165, 1.54) is 0 Å². The molecule has 2 heterocycles. The van der Waals surface area contributed by atoms with Crippen LogP contribution >= 0.6 is 0 Å². The highest BCUT2D eigenvalue weighted by molar-refractivity contribution is 6.06. The molecule has 112 valence electrons. The molecule has 0 saturated carbocycles. The van der Waals surface area contributed by atoms with Gasteiger partial charge < -0.3 is 14.5 Å². The van der Waals surface area contributed by atoms with Crippen molar-refractivity contribution in [2.75, 3.05) is 25.1 Å². The topological polar surface area (TPSA) is 49.9 Å². The van der Waals surface area contributed by atoms with Gasteiger partial charge >= 0.3 is 0 Å². The summed E-state index contributed by atoms with van der Waals surface area (Å²) in [5.74, 6) is 0.875. The zero-order chi connectivity index (χ0) is 15.0. The fourth-order valence-electron chi connectivity index (χ4n) is 3.22. The molecular formula is C16H20N2O3. The average Bonchev–Trinajstić information content (AvgIpc) is 2.51. The molecule has 0 aromatic heterocycles. The summed E-state index contributed by atoms with van der Waals surface area (Å²) < 4.78 is 5.24. The molecule has 2 aliphatic heterocycles. The van der Waals surface area contributed by atoms with Gasteiger partial charge in [-0.2, -0.15) is 0 Å². The lowest BCUT2D eigenvalue weighted by atomic mass is 9.98. The molecule has 0 N–H and O–H groups in total. The Morgan fingerprint density at radius 1 is 1.24 bits per heavy atom. The Kier molecular flexibility index (Phi) is 3.57. The Hall–Kier alpha value is -2.04. The SMILES string of the molecule is COc1ccc(N2CC(=O)N3CCCCC3C2=O)cc1C. The van der Waals surface area contributed by atoms with Gasteiger partial charge in [-0.05, 0) is 49.9 Å². The van der Waals surface area contributed by atoms with Crippen LogP contribution in [0, 0.1) is 6.92 Å². The molecule has 1 aromatic carbocycles. The number of aryl methyl sites for hydroxylation is 1. The fraction of sp³-hybridized carbons (Fsp3) is 0.500. The van der Waals surface area contributed by atoms with E-state index < -0.39 is 0 Å². The minimum atomic E-state index is -0.276. The molecule has 2 fully saturated rings. The third-order valence-corrected chi connectivity index (χ3v) is 4.36. The smallest absolute Gasteiger partial charge is 0.250 e. The van der Waals surface area contributed by atoms with Crippen LogP contribution in [0.3, 0.4) is 0 Å². The zero-order valence-corrected chi connectivity index (χ0v) is 12.5. The Balaban J connectivity index is 1.90. The predicted octanol–water partition coefficient (Wildman–Crippen LogP) is 1.73. The second-order valence-corrected chi connectivity index (χ2v) is 5.68. The Morgan fingerprint density at radius 2 is 2.05 bits per heavy atom. The summed E-state index contributed by atoms with van der Waals surface area (Å²) in [5, 5.41) is 0. The maximum atomic E-state index is 12.7. The summed E-state index contributed by atoms with van der Waals surface area (Å²) in [6, 6.07) is 5.32. The molecule has 2 amide bonds. The van der Waals surface area contributed by atoms with Crippen LogP contribution in [0.5, 0.6) is 5.75 Å². The lowest BCUT2D eigenvalue weighted by Crippen LogP contribution is -2.61. The number of amides is 2. The van der Waals surface area contributed by atoms with Crippen molar-refractivity contribution in [3.63, 3.8) is 0 Å². The number of piperazine rings is 1. The van der Waals surface area contributed by atoms with Crippen molar-refractivity contribution in [2.45, 2.75) is 32.2 Å². The fourth-order valence-corrected chi connectivity index (χ4v) is 3.22. The standard InChI is InChI=1S/C16H20N2O3/c1-11-9-12(6-7-14(11)21-2)18-10-15(19)17-8-4-3-5-13(17)16(18)20/h6-7,9,13H,3-5,8,10H2,1-2H3. The normalized spacial score (nSPS) is 22.3. The molecule has 5 heteroatoms. The van der Waals surface area contributed by atoms with Crippen LogP contribution in [0.1, 0.15) is 24.8 Å². The number of carbonyl (C=O) groups is 2. The highest BCUT2D eigenvalue weighted by atomic mass is 16.5. The van der Waals surface area contributed by atoms with Gasteiger partial charge in [0, 0.05) is 12.2 Å². The van der Waals surface area contributed by atoms with E-state index in [0.717, 1.165) is 36.3 Å². The van der Waals surface area contributed by atoms with E-state index in [4.69, 9.17) is 4.74 Å². The van der Waals surface area contributed by atoms with Gasteiger partial charge in [-0.1, -0.05) is 0 Å². The number of hydrogen-bond acceptors (Lipinski definition) is 3. The van der Waals surface area contributed by atoms with Crippen LogP contribution in [0.4, 0.5) is 5.69 Å². The van der Waals surface area contributed by atoms with Crippen molar-refractivity contribution < 1.29 is 14.3 Å². The van der Waals surface area contributed by atoms with Gasteiger partial charge in [0.1, 0.15) is 18.3 Å². The Bertz CT molecular complexity index is 585. The number of piperidine rings is 1. The molecule has 21 heavy (non-hydrogen) atoms. The summed E-state index contributed by atoms with van der Waals surface area (Å²) in [4.78, 5) is 28.3. The number of rotatable bonds is 2. The van der Waals surface area contributed by atoms with E-state index in [2.05, 4.69) is 0 Å². The number of ether oxygens (including phenoxy) is 1. The van der Waals surface area contributed by atoms with Crippen LogP contribution < -0.4 is 9.64 Å². The van der Waals surface area contributed by atoms with Gasteiger partial charge in [0.25, 0.3) is 0 Å². The summed E-state index contributed by atoms with van der Waals surface area (Å²) in [6.45, 7) is 2.79. The van der Waals surface area contributed by atoms with Gasteiger partial charge in [0.05, 0.1) is 7.11 Å². The van der Waals surface area contributed by atoms with Crippen molar-refractivity contribution in [3.05, 3.63) is 23.8 Å². The Morgan fingerprint density at radius 3 is 2.76 bits per heavy atom. The molecule has 2 aliphatic rings. The number of carbonyl (C=O) groups excluding carboxylic acids is 2. The first kappa shape index (κ1) is 13.9. The van der Waals surface area contributed by atoms with Gasteiger partial charge in [0.15, 0.2) is 0 Å². The first-order valence-electron chi connectivity index (χ1n) is 7.37. The van der Waals surface area contributed by atoms with Crippen LogP contribution in [-0.4, -0.2) is 43.0 Å². The number of anilines is 1. The molecule has 2 saturated heterocycles. The summed E-state index contributed by atoms with van der Waals surface area (Å²) in [7, 11) is 1.62. The quantitative estimate of drug-likeness (QED) is 0.833. The van der Waals surface area contributed by atoms with Crippen molar-refractivity contribution in [3.8, 4) is 5.75 Å². The molecule has 1 aromatic rings. The molecule has 0 radical (unpaired) electrons. The molecule has 5 nitrogen and oxygen atoms in total. The summed E-state index contributed by atoms with van der Waals surface area (Å²) >= 11 is 0. The summed E-state index contributed by atoms with van der Waals surface area (Å²) in [6.07, 6.45) is 2.78. The maximum Gasteiger partial charge on any atom is 0.250 e. The van der Waals surface area contributed by atoms with Crippen molar-refractivity contribution in [1.29, 1.82) is 0 Å². The molecule has 0 spiro atoms. The second-order valence-electron chi connectivity index (χ2n) is 5.68. The van der Waals surface area contributed by atoms with Gasteiger partial charge in [0.2, 0.25) is 11.8 Å². The van der Waals surface area contributed by atoms with Crippen molar-refractivity contribution in [1.82, 2.24) is 4.90 Å². The number of benzene rings is 1. The largest absolute Gasteiger partial charge is 0.496 e. The molecule has 3 rings (SSSR count).